The molecular weight excluding hydrogens is 480 g/mol. The van der Waals surface area contributed by atoms with E-state index in [-0.39, 0.29) is 51.4 Å². The van der Waals surface area contributed by atoms with E-state index in [1.54, 1.807) is 0 Å². The molecule has 0 bridgehead atoms. The molecule has 0 radical (unpaired) electrons. The maximum atomic E-state index is 5.35. The predicted octanol–water partition coefficient (Wildman–Crippen LogP) is 3.15. The monoisotopic (exact) mass is 515 g/mol. The Morgan fingerprint density at radius 2 is 1.06 bits per heavy atom. The zero-order valence-corrected chi connectivity index (χ0v) is 25.8. The van der Waals surface area contributed by atoms with Crippen molar-refractivity contribution < 1.29 is 56.1 Å². The molecule has 1 fully saturated rings. The molecule has 0 saturated carbocycles. The summed E-state index contributed by atoms with van der Waals surface area (Å²) in [5.41, 5.74) is 9.25. The Morgan fingerprint density at radius 1 is 0.656 bits per heavy atom. The number of ether oxygens (including phenoxy) is 1. The van der Waals surface area contributed by atoms with E-state index in [1.807, 2.05) is 0 Å². The minimum Gasteiger partial charge on any atom is 1.00 e. The molecule has 4 rings (SSSR count). The Hall–Kier alpha value is -0.385. The number of benzene rings is 3. The molecule has 1 heterocycles. The van der Waals surface area contributed by atoms with Crippen molar-refractivity contribution in [1.82, 2.24) is 0 Å². The summed E-state index contributed by atoms with van der Waals surface area (Å²) in [6.07, 6.45) is 2.56. The average molecular weight is 516 g/mol. The summed E-state index contributed by atoms with van der Waals surface area (Å²) in [6.45, 7) is 15.3. The minimum absolute atomic E-state index is 0. The summed E-state index contributed by atoms with van der Waals surface area (Å²) < 4.78 is 13.2. The largest absolute Gasteiger partial charge is 1.00 e. The summed E-state index contributed by atoms with van der Waals surface area (Å²) in [4.78, 5) is 0. The van der Waals surface area contributed by atoms with Gasteiger partial charge in [-0.15, -0.1) is 0 Å². The van der Waals surface area contributed by atoms with Crippen LogP contribution in [0.5, 0.6) is 0 Å². The van der Waals surface area contributed by atoms with Gasteiger partial charge in [-0.2, -0.15) is 0 Å². The van der Waals surface area contributed by atoms with Crippen LogP contribution in [0, 0.1) is 41.5 Å². The van der Waals surface area contributed by atoms with Crippen LogP contribution in [-0.2, 0) is 4.74 Å². The topological polar surface area (TPSA) is 23.3 Å². The molecular formula is C28H35AsKNO. The quantitative estimate of drug-likeness (QED) is 0.490. The van der Waals surface area contributed by atoms with E-state index in [9.17, 15) is 0 Å². The van der Waals surface area contributed by atoms with E-state index in [0.717, 1.165) is 18.9 Å². The van der Waals surface area contributed by atoms with Crippen molar-refractivity contribution in [3.05, 3.63) is 92.2 Å². The van der Waals surface area contributed by atoms with E-state index in [0.29, 0.717) is 0 Å². The van der Waals surface area contributed by atoms with Gasteiger partial charge in [-0.05, 0) is 12.8 Å². The van der Waals surface area contributed by atoms with E-state index in [1.165, 1.54) is 54.9 Å². The van der Waals surface area contributed by atoms with Crippen molar-refractivity contribution >= 4 is 29.3 Å². The predicted molar refractivity (Wildman–Crippen MR) is 136 cm³/mol. The van der Waals surface area contributed by atoms with Crippen LogP contribution in [0.15, 0.2) is 54.6 Å². The fourth-order valence-corrected chi connectivity index (χ4v) is 9.34. The third-order valence-electron chi connectivity index (χ3n) is 5.49. The van der Waals surface area contributed by atoms with Gasteiger partial charge >= 0.3 is 214 Å². The van der Waals surface area contributed by atoms with Crippen LogP contribution in [0.4, 0.5) is 5.69 Å². The minimum atomic E-state index is -1.84. The summed E-state index contributed by atoms with van der Waals surface area (Å²) in [7, 11) is 0. The molecule has 4 heteroatoms. The average Bonchev–Trinajstić information content (AvgIpc) is 3.27. The van der Waals surface area contributed by atoms with Gasteiger partial charge < -0.3 is 4.74 Å². The van der Waals surface area contributed by atoms with Crippen molar-refractivity contribution in [2.24, 2.45) is 0 Å². The van der Waals surface area contributed by atoms with Crippen LogP contribution >= 0.6 is 0 Å². The molecule has 3 aromatic carbocycles. The molecule has 0 amide bonds. The second-order valence-electron chi connectivity index (χ2n) is 8.56. The second kappa shape index (κ2) is 13.5. The first-order valence-corrected chi connectivity index (χ1v) is 13.9. The molecule has 1 aliphatic heterocycles. The Bertz CT molecular complexity index is 904. The second-order valence-corrected chi connectivity index (χ2v) is 12.2. The van der Waals surface area contributed by atoms with Crippen LogP contribution in [0.1, 0.15) is 46.2 Å². The Kier molecular flexibility index (Phi) is 11.7. The standard InChI is InChI=1S/C24H27AsN.C4H8O.K/c1-16-12-18(3)23(19(4)13-16)25(26-22-10-8-7-9-11-22)24-20(5)14-17(2)15-21(24)6;1-2-4-5-3-1;/h7-15H,1-6H3;1-4H2;/q-1;;+1. The first-order chi connectivity index (χ1) is 14.9. The zero-order valence-electron chi connectivity index (χ0n) is 20.8. The third kappa shape index (κ3) is 7.57. The third-order valence-corrected chi connectivity index (χ3v) is 11.1. The van der Waals surface area contributed by atoms with Crippen LogP contribution in [-0.4, -0.2) is 28.1 Å². The Morgan fingerprint density at radius 3 is 1.41 bits per heavy atom. The summed E-state index contributed by atoms with van der Waals surface area (Å²) >= 11 is -1.84. The zero-order chi connectivity index (χ0) is 22.4. The molecule has 0 atom stereocenters. The molecule has 2 nitrogen and oxygen atoms in total. The molecule has 1 aliphatic rings. The van der Waals surface area contributed by atoms with Gasteiger partial charge in [0.15, 0.2) is 0 Å². The van der Waals surface area contributed by atoms with Crippen molar-refractivity contribution in [3.63, 3.8) is 0 Å². The van der Waals surface area contributed by atoms with Crippen LogP contribution < -0.4 is 60.1 Å². The maximum Gasteiger partial charge on any atom is 1.00 e. The molecule has 0 unspecified atom stereocenters. The number of aryl methyl sites for hydroxylation is 6. The van der Waals surface area contributed by atoms with Crippen LogP contribution in [0.3, 0.4) is 0 Å². The number of hydrogen-bond acceptors (Lipinski definition) is 1. The Labute approximate surface area is 242 Å². The number of rotatable bonds is 4. The van der Waals surface area contributed by atoms with Gasteiger partial charge in [0.25, 0.3) is 0 Å². The summed E-state index contributed by atoms with van der Waals surface area (Å²) in [6, 6.07) is 19.7. The van der Waals surface area contributed by atoms with E-state index in [2.05, 4.69) is 96.1 Å². The normalized spacial score (nSPS) is 12.7. The fourth-order valence-electron chi connectivity index (χ4n) is 4.35. The van der Waals surface area contributed by atoms with Gasteiger partial charge in [-0.1, -0.05) is 0 Å². The first-order valence-electron chi connectivity index (χ1n) is 11.2. The maximum absolute atomic E-state index is 5.35. The van der Waals surface area contributed by atoms with Crippen molar-refractivity contribution in [1.29, 1.82) is 0 Å². The summed E-state index contributed by atoms with van der Waals surface area (Å²) in [5.74, 6) is 0. The molecule has 0 N–H and O–H groups in total. The molecule has 0 spiro atoms. The van der Waals surface area contributed by atoms with E-state index < -0.39 is 14.9 Å². The van der Waals surface area contributed by atoms with E-state index >= 15 is 0 Å². The SMILES string of the molecule is C1CCOC1.Cc1cc(C)c([As]([N-]c2ccccc2)c2c(C)cc(C)cc2C)c(C)c1.[K+]. The smallest absolute Gasteiger partial charge is 1.00 e. The van der Waals surface area contributed by atoms with E-state index in [4.69, 9.17) is 8.97 Å². The molecule has 0 aromatic heterocycles. The first kappa shape index (κ1) is 27.9. The number of hydrogen-bond donors (Lipinski definition) is 0. The van der Waals surface area contributed by atoms with Gasteiger partial charge in [0, 0.05) is 13.2 Å². The molecule has 32 heavy (non-hydrogen) atoms. The van der Waals surface area contributed by atoms with Crippen molar-refractivity contribution in [2.75, 3.05) is 13.2 Å². The summed E-state index contributed by atoms with van der Waals surface area (Å²) in [5, 5.41) is 0. The van der Waals surface area contributed by atoms with Gasteiger partial charge in [0.2, 0.25) is 0 Å². The van der Waals surface area contributed by atoms with Crippen LogP contribution in [0.2, 0.25) is 0 Å². The molecule has 0 aliphatic carbocycles. The fraction of sp³-hybridized carbons (Fsp3) is 0.357. The van der Waals surface area contributed by atoms with Gasteiger partial charge in [0.05, 0.1) is 0 Å². The van der Waals surface area contributed by atoms with Crippen molar-refractivity contribution in [2.45, 2.75) is 54.4 Å². The van der Waals surface area contributed by atoms with Gasteiger partial charge in [-0.25, -0.2) is 0 Å². The van der Waals surface area contributed by atoms with Gasteiger partial charge in [0.1, 0.15) is 0 Å². The van der Waals surface area contributed by atoms with Gasteiger partial charge in [-0.3, -0.25) is 0 Å². The Balaban J connectivity index is 0.000000534. The molecule has 3 aromatic rings. The molecule has 1 saturated heterocycles. The molecule has 164 valence electrons. The van der Waals surface area contributed by atoms with Crippen LogP contribution in [0.25, 0.3) is 4.23 Å². The number of nitrogens with zero attached hydrogens (tertiary/aromatic N) is 1. The van der Waals surface area contributed by atoms with Crippen molar-refractivity contribution in [3.8, 4) is 0 Å².